The number of ether oxygens (including phenoxy) is 1. The lowest BCUT2D eigenvalue weighted by molar-refractivity contribution is -0.959. The van der Waals surface area contributed by atoms with Crippen LogP contribution < -0.4 is 15.0 Å². The Morgan fingerprint density at radius 1 is 1.32 bits per heavy atom. The fourth-order valence-corrected chi connectivity index (χ4v) is 5.39. The highest BCUT2D eigenvalue weighted by Gasteiger charge is 2.57. The van der Waals surface area contributed by atoms with Gasteiger partial charge < -0.3 is 19.9 Å². The summed E-state index contributed by atoms with van der Waals surface area (Å²) in [6.07, 6.45) is 3.96. The number of aromatic nitrogens is 1. The number of hydrogen-bond acceptors (Lipinski definition) is 1. The number of fused-ring (bicyclic) bond motifs is 5. The van der Waals surface area contributed by atoms with E-state index in [1.54, 1.807) is 12.7 Å². The second kappa shape index (κ2) is 4.49. The van der Waals surface area contributed by atoms with Crippen LogP contribution in [0.15, 0.2) is 18.2 Å². The van der Waals surface area contributed by atoms with Crippen LogP contribution in [0.5, 0.6) is 5.75 Å². The minimum atomic E-state index is 0.311. The number of nitrogens with one attached hydrogen (secondary N) is 2. The molecule has 116 valence electrons. The summed E-state index contributed by atoms with van der Waals surface area (Å²) in [5.41, 5.74) is 4.69. The zero-order valence-electron chi connectivity index (χ0n) is 13.2. The summed E-state index contributed by atoms with van der Waals surface area (Å²) in [6, 6.07) is 6.48. The third-order valence-electron chi connectivity index (χ3n) is 6.45. The van der Waals surface area contributed by atoms with E-state index in [1.165, 1.54) is 62.0 Å². The summed E-state index contributed by atoms with van der Waals surface area (Å²) in [5, 5.41) is 4.04. The monoisotopic (exact) mass is 299 g/mol. The Morgan fingerprint density at radius 3 is 2.91 bits per heavy atom. The molecule has 1 atom stereocenters. The number of methoxy groups -OCH3 is 1. The first-order valence-corrected chi connectivity index (χ1v) is 8.67. The predicted octanol–water partition coefficient (Wildman–Crippen LogP) is -0.200. The second-order valence-corrected chi connectivity index (χ2v) is 7.37. The highest BCUT2D eigenvalue weighted by Crippen LogP contribution is 2.39. The first-order valence-electron chi connectivity index (χ1n) is 8.67. The molecule has 0 radical (unpaired) electrons. The molecule has 4 aliphatic heterocycles. The van der Waals surface area contributed by atoms with E-state index in [1.807, 2.05) is 4.90 Å². The van der Waals surface area contributed by atoms with Gasteiger partial charge in [-0.25, -0.2) is 0 Å². The first kappa shape index (κ1) is 13.0. The van der Waals surface area contributed by atoms with Gasteiger partial charge in [0.05, 0.1) is 32.4 Å². The number of aromatic amines is 1. The van der Waals surface area contributed by atoms with Crippen molar-refractivity contribution >= 4 is 10.9 Å². The first-order chi connectivity index (χ1) is 10.8. The molecule has 0 aliphatic carbocycles. The Balaban J connectivity index is 1.71. The molecule has 2 aromatic rings. The largest absolute Gasteiger partial charge is 0.497 e. The third-order valence-corrected chi connectivity index (χ3v) is 6.45. The van der Waals surface area contributed by atoms with Crippen LogP contribution in [0.25, 0.3) is 10.9 Å². The second-order valence-electron chi connectivity index (χ2n) is 7.37. The average Bonchev–Trinajstić information content (AvgIpc) is 2.95. The van der Waals surface area contributed by atoms with E-state index in [0.717, 1.165) is 11.7 Å². The molecule has 1 aromatic carbocycles. The standard InChI is InChI=1S/C18H23N3O/c1-22-13-2-3-16-15(10-13)14-4-7-19-18(17(14)20-16)11-21-8-5-12(18)6-9-21/h2-3,10,12,19-20H,4-9,11H2,1H3/p+2/t18-/m0/s1. The average molecular weight is 299 g/mol. The molecular weight excluding hydrogens is 274 g/mol. The minimum absolute atomic E-state index is 0.311. The van der Waals surface area contributed by atoms with Crippen molar-refractivity contribution in [1.29, 1.82) is 0 Å². The summed E-state index contributed by atoms with van der Waals surface area (Å²) in [5.74, 6) is 1.82. The number of hydrogen-bond donors (Lipinski definition) is 3. The van der Waals surface area contributed by atoms with E-state index < -0.39 is 0 Å². The van der Waals surface area contributed by atoms with Crippen molar-refractivity contribution < 1.29 is 15.0 Å². The van der Waals surface area contributed by atoms with E-state index in [2.05, 4.69) is 28.5 Å². The lowest BCUT2D eigenvalue weighted by Crippen LogP contribution is -3.22. The van der Waals surface area contributed by atoms with E-state index in [9.17, 15) is 0 Å². The van der Waals surface area contributed by atoms with Gasteiger partial charge in [0.2, 0.25) is 0 Å². The van der Waals surface area contributed by atoms with Crippen LogP contribution in [0.4, 0.5) is 0 Å². The zero-order chi connectivity index (χ0) is 14.7. The Kier molecular flexibility index (Phi) is 2.65. The molecule has 0 saturated carbocycles. The smallest absolute Gasteiger partial charge is 0.189 e. The Hall–Kier alpha value is -1.52. The van der Waals surface area contributed by atoms with Crippen LogP contribution in [0.2, 0.25) is 0 Å². The molecule has 4 heteroatoms. The van der Waals surface area contributed by atoms with E-state index in [-0.39, 0.29) is 0 Å². The van der Waals surface area contributed by atoms with Gasteiger partial charge in [-0.15, -0.1) is 0 Å². The summed E-state index contributed by atoms with van der Waals surface area (Å²) in [7, 11) is 1.76. The van der Waals surface area contributed by atoms with Gasteiger partial charge in [-0.05, 0) is 23.8 Å². The van der Waals surface area contributed by atoms with E-state index in [0.29, 0.717) is 5.54 Å². The van der Waals surface area contributed by atoms with Gasteiger partial charge in [0.1, 0.15) is 12.3 Å². The zero-order valence-corrected chi connectivity index (χ0v) is 13.2. The normalized spacial score (nSPS) is 33.3. The van der Waals surface area contributed by atoms with Crippen molar-refractivity contribution in [2.45, 2.75) is 24.8 Å². The van der Waals surface area contributed by atoms with Crippen LogP contribution in [-0.2, 0) is 12.0 Å². The van der Waals surface area contributed by atoms with Gasteiger partial charge in [0.25, 0.3) is 0 Å². The summed E-state index contributed by atoms with van der Waals surface area (Å²) in [4.78, 5) is 5.62. The van der Waals surface area contributed by atoms with Crippen molar-refractivity contribution in [1.82, 2.24) is 4.98 Å². The van der Waals surface area contributed by atoms with Gasteiger partial charge in [-0.1, -0.05) is 0 Å². The maximum atomic E-state index is 5.44. The number of piperidine rings is 3. The molecule has 6 rings (SSSR count). The van der Waals surface area contributed by atoms with Crippen molar-refractivity contribution in [3.63, 3.8) is 0 Å². The van der Waals surface area contributed by atoms with E-state index in [4.69, 9.17) is 4.74 Å². The fourth-order valence-electron chi connectivity index (χ4n) is 5.39. The van der Waals surface area contributed by atoms with Gasteiger partial charge in [-0.3, -0.25) is 0 Å². The molecule has 0 amide bonds. The molecule has 4 aliphatic rings. The Labute approximate surface area is 130 Å². The molecule has 4 N–H and O–H groups in total. The Morgan fingerprint density at radius 2 is 2.18 bits per heavy atom. The van der Waals surface area contributed by atoms with Gasteiger partial charge in [0.15, 0.2) is 5.54 Å². The number of rotatable bonds is 1. The highest BCUT2D eigenvalue weighted by atomic mass is 16.5. The summed E-state index contributed by atoms with van der Waals surface area (Å²) in [6.45, 7) is 5.28. The molecule has 22 heavy (non-hydrogen) atoms. The molecule has 3 saturated heterocycles. The highest BCUT2D eigenvalue weighted by molar-refractivity contribution is 5.86. The van der Waals surface area contributed by atoms with Crippen molar-refractivity contribution in [2.24, 2.45) is 5.92 Å². The van der Waals surface area contributed by atoms with Crippen LogP contribution in [0.3, 0.4) is 0 Å². The number of benzene rings is 1. The Bertz CT molecular complexity index is 729. The topological polar surface area (TPSA) is 46.1 Å². The molecule has 2 bridgehead atoms. The van der Waals surface area contributed by atoms with Gasteiger partial charge >= 0.3 is 0 Å². The molecule has 1 aromatic heterocycles. The number of nitrogens with two attached hydrogens (primary N) is 1. The third kappa shape index (κ3) is 1.60. The quantitative estimate of drug-likeness (QED) is 0.671. The molecule has 3 fully saturated rings. The van der Waals surface area contributed by atoms with Gasteiger partial charge in [0, 0.05) is 36.1 Å². The predicted molar refractivity (Wildman–Crippen MR) is 85.3 cm³/mol. The lowest BCUT2D eigenvalue weighted by Gasteiger charge is -2.49. The molecule has 4 nitrogen and oxygen atoms in total. The lowest BCUT2D eigenvalue weighted by atomic mass is 9.68. The van der Waals surface area contributed by atoms with Crippen LogP contribution in [0.1, 0.15) is 24.1 Å². The van der Waals surface area contributed by atoms with Crippen molar-refractivity contribution in [3.8, 4) is 5.75 Å². The molecule has 5 heterocycles. The molecule has 1 spiro atoms. The van der Waals surface area contributed by atoms with Crippen molar-refractivity contribution in [3.05, 3.63) is 29.5 Å². The van der Waals surface area contributed by atoms with Crippen LogP contribution in [0, 0.1) is 5.92 Å². The fraction of sp³-hybridized carbons (Fsp3) is 0.556. The molecule has 0 unspecified atom stereocenters. The SMILES string of the molecule is COc1ccc2[nH]c3c(c2c1)CC[NH2+][C@]31C[NH+]2CCC1CC2. The number of quaternary nitrogens is 2. The summed E-state index contributed by atoms with van der Waals surface area (Å²) < 4.78 is 5.44. The van der Waals surface area contributed by atoms with Gasteiger partial charge in [-0.2, -0.15) is 0 Å². The van der Waals surface area contributed by atoms with Crippen molar-refractivity contribution in [2.75, 3.05) is 33.3 Å². The maximum absolute atomic E-state index is 5.44. The number of H-pyrrole nitrogens is 1. The maximum Gasteiger partial charge on any atom is 0.189 e. The van der Waals surface area contributed by atoms with Crippen LogP contribution in [-0.4, -0.2) is 38.3 Å². The molecular formula is C18H25N3O+2. The summed E-state index contributed by atoms with van der Waals surface area (Å²) >= 11 is 0. The van der Waals surface area contributed by atoms with Crippen LogP contribution >= 0.6 is 0 Å². The minimum Gasteiger partial charge on any atom is -0.497 e. The van der Waals surface area contributed by atoms with E-state index >= 15 is 0 Å².